The average molecular weight is 322 g/mol. The minimum atomic E-state index is -0.583. The van der Waals surface area contributed by atoms with Gasteiger partial charge in [0.05, 0.1) is 0 Å². The van der Waals surface area contributed by atoms with Gasteiger partial charge in [-0.05, 0) is 61.7 Å². The second kappa shape index (κ2) is 7.38. The minimum absolute atomic E-state index is 0.203. The monoisotopic (exact) mass is 321 g/mol. The Kier molecular flexibility index (Phi) is 5.53. The number of nitrogens with one attached hydrogen (secondary N) is 1. The van der Waals surface area contributed by atoms with E-state index in [9.17, 15) is 4.79 Å². The fourth-order valence-electron chi connectivity index (χ4n) is 1.69. The molecule has 3 nitrogen and oxygen atoms in total. The highest BCUT2D eigenvalue weighted by Gasteiger charge is 2.14. The van der Waals surface area contributed by atoms with Crippen LogP contribution in [0.4, 0.5) is 5.69 Å². The van der Waals surface area contributed by atoms with Crippen LogP contribution in [0.3, 0.4) is 0 Å². The predicted molar refractivity (Wildman–Crippen MR) is 88.4 cm³/mol. The van der Waals surface area contributed by atoms with Gasteiger partial charge in [-0.1, -0.05) is 11.6 Å². The van der Waals surface area contributed by atoms with Gasteiger partial charge < -0.3 is 10.1 Å². The lowest BCUT2D eigenvalue weighted by atomic mass is 10.3. The van der Waals surface area contributed by atoms with Gasteiger partial charge in [-0.15, -0.1) is 11.8 Å². The highest BCUT2D eigenvalue weighted by molar-refractivity contribution is 7.98. The molecule has 0 fully saturated rings. The maximum Gasteiger partial charge on any atom is 0.265 e. The molecule has 21 heavy (non-hydrogen) atoms. The Hall–Kier alpha value is -1.65. The highest BCUT2D eigenvalue weighted by atomic mass is 35.5. The molecule has 0 bridgehead atoms. The summed E-state index contributed by atoms with van der Waals surface area (Å²) >= 11 is 7.46. The van der Waals surface area contributed by atoms with E-state index < -0.39 is 6.10 Å². The van der Waals surface area contributed by atoms with E-state index in [0.717, 1.165) is 4.90 Å². The Morgan fingerprint density at radius 3 is 2.33 bits per heavy atom. The van der Waals surface area contributed by atoms with Crippen molar-refractivity contribution < 1.29 is 9.53 Å². The molecular formula is C16H16ClNO2S. The molecule has 2 aromatic rings. The number of thioether (sulfide) groups is 1. The average Bonchev–Trinajstić information content (AvgIpc) is 2.50. The second-order valence-corrected chi connectivity index (χ2v) is 5.75. The van der Waals surface area contributed by atoms with Crippen LogP contribution in [-0.4, -0.2) is 18.3 Å². The minimum Gasteiger partial charge on any atom is -0.481 e. The third-order valence-corrected chi connectivity index (χ3v) is 3.85. The molecule has 0 radical (unpaired) electrons. The topological polar surface area (TPSA) is 38.3 Å². The number of hydrogen-bond donors (Lipinski definition) is 1. The summed E-state index contributed by atoms with van der Waals surface area (Å²) in [6.07, 6.45) is 1.43. The molecule has 0 unspecified atom stereocenters. The summed E-state index contributed by atoms with van der Waals surface area (Å²) in [7, 11) is 0. The first-order valence-corrected chi connectivity index (χ1v) is 8.06. The van der Waals surface area contributed by atoms with E-state index >= 15 is 0 Å². The molecule has 0 aromatic heterocycles. The molecule has 0 aliphatic rings. The van der Waals surface area contributed by atoms with Crippen LogP contribution in [0.5, 0.6) is 5.75 Å². The van der Waals surface area contributed by atoms with Crippen molar-refractivity contribution in [3.05, 3.63) is 53.6 Å². The van der Waals surface area contributed by atoms with Crippen LogP contribution in [0.1, 0.15) is 6.92 Å². The Balaban J connectivity index is 1.93. The van der Waals surface area contributed by atoms with Crippen molar-refractivity contribution >= 4 is 35.0 Å². The van der Waals surface area contributed by atoms with Crippen LogP contribution in [0.2, 0.25) is 5.02 Å². The van der Waals surface area contributed by atoms with Gasteiger partial charge in [-0.25, -0.2) is 0 Å². The molecule has 5 heteroatoms. The molecule has 2 aromatic carbocycles. The maximum atomic E-state index is 12.1. The fourth-order valence-corrected chi connectivity index (χ4v) is 2.22. The van der Waals surface area contributed by atoms with E-state index in [1.165, 1.54) is 0 Å². The van der Waals surface area contributed by atoms with Crippen molar-refractivity contribution in [2.24, 2.45) is 0 Å². The third-order valence-electron chi connectivity index (χ3n) is 2.85. The van der Waals surface area contributed by atoms with Crippen molar-refractivity contribution in [3.63, 3.8) is 0 Å². The van der Waals surface area contributed by atoms with Crippen molar-refractivity contribution in [1.82, 2.24) is 0 Å². The Morgan fingerprint density at radius 1 is 1.14 bits per heavy atom. The van der Waals surface area contributed by atoms with Crippen molar-refractivity contribution in [2.45, 2.75) is 17.9 Å². The summed E-state index contributed by atoms with van der Waals surface area (Å²) in [5.74, 6) is 0.470. The Morgan fingerprint density at radius 2 is 1.76 bits per heavy atom. The van der Waals surface area contributed by atoms with E-state index in [2.05, 4.69) is 5.32 Å². The van der Waals surface area contributed by atoms with Crippen LogP contribution in [0.25, 0.3) is 0 Å². The number of benzene rings is 2. The zero-order chi connectivity index (χ0) is 15.2. The molecule has 0 aliphatic heterocycles. The van der Waals surface area contributed by atoms with Gasteiger partial charge in [-0.2, -0.15) is 0 Å². The van der Waals surface area contributed by atoms with Crippen LogP contribution >= 0.6 is 23.4 Å². The van der Waals surface area contributed by atoms with Gasteiger partial charge in [0.1, 0.15) is 5.75 Å². The normalized spacial score (nSPS) is 11.8. The largest absolute Gasteiger partial charge is 0.481 e. The number of anilines is 1. The molecule has 0 aliphatic carbocycles. The molecule has 0 saturated carbocycles. The Bertz CT molecular complexity index is 599. The van der Waals surface area contributed by atoms with Crippen LogP contribution < -0.4 is 10.1 Å². The van der Waals surface area contributed by atoms with Crippen LogP contribution in [-0.2, 0) is 4.79 Å². The first kappa shape index (κ1) is 15.7. The Labute approximate surface area is 133 Å². The van der Waals surface area contributed by atoms with Crippen LogP contribution in [0.15, 0.2) is 53.4 Å². The molecule has 1 atom stereocenters. The number of rotatable bonds is 5. The number of amides is 1. The molecule has 1 amide bonds. The lowest BCUT2D eigenvalue weighted by molar-refractivity contribution is -0.122. The van der Waals surface area contributed by atoms with Gasteiger partial charge in [0.15, 0.2) is 6.10 Å². The highest BCUT2D eigenvalue weighted by Crippen LogP contribution is 2.20. The van der Waals surface area contributed by atoms with E-state index in [0.29, 0.717) is 16.5 Å². The molecule has 110 valence electrons. The summed E-state index contributed by atoms with van der Waals surface area (Å²) in [6.45, 7) is 1.72. The molecule has 1 N–H and O–H groups in total. The van der Waals surface area contributed by atoms with E-state index in [1.54, 1.807) is 43.0 Å². The van der Waals surface area contributed by atoms with Gasteiger partial charge in [0, 0.05) is 15.6 Å². The van der Waals surface area contributed by atoms with Gasteiger partial charge in [-0.3, -0.25) is 4.79 Å². The number of carbonyl (C=O) groups excluding carboxylic acids is 1. The second-order valence-electron chi connectivity index (χ2n) is 4.43. The molecule has 0 spiro atoms. The van der Waals surface area contributed by atoms with Crippen molar-refractivity contribution in [1.29, 1.82) is 0 Å². The van der Waals surface area contributed by atoms with Crippen molar-refractivity contribution in [3.8, 4) is 5.75 Å². The zero-order valence-electron chi connectivity index (χ0n) is 11.8. The summed E-state index contributed by atoms with van der Waals surface area (Å²) in [5, 5.41) is 3.42. The van der Waals surface area contributed by atoms with E-state index in [-0.39, 0.29) is 5.91 Å². The molecule has 0 saturated heterocycles. The van der Waals surface area contributed by atoms with Crippen LogP contribution in [0, 0.1) is 0 Å². The lowest BCUT2D eigenvalue weighted by Crippen LogP contribution is -2.30. The lowest BCUT2D eigenvalue weighted by Gasteiger charge is -2.15. The summed E-state index contributed by atoms with van der Waals surface area (Å²) in [6, 6.07) is 14.6. The third kappa shape index (κ3) is 4.69. The quantitative estimate of drug-likeness (QED) is 0.826. The van der Waals surface area contributed by atoms with Gasteiger partial charge >= 0.3 is 0 Å². The SMILES string of the molecule is CSc1ccc(O[C@@H](C)C(=O)Nc2ccc(Cl)cc2)cc1. The number of ether oxygens (including phenoxy) is 1. The predicted octanol–water partition coefficient (Wildman–Crippen LogP) is 4.47. The van der Waals surface area contributed by atoms with Gasteiger partial charge in [0.2, 0.25) is 0 Å². The standard InChI is InChI=1S/C16H16ClNO2S/c1-11(20-14-7-9-15(21-2)10-8-14)16(19)18-13-5-3-12(17)4-6-13/h3-11H,1-2H3,(H,18,19)/t11-/m0/s1. The molecular weight excluding hydrogens is 306 g/mol. The molecule has 0 heterocycles. The van der Waals surface area contributed by atoms with Gasteiger partial charge in [0.25, 0.3) is 5.91 Å². The van der Waals surface area contributed by atoms with E-state index in [4.69, 9.17) is 16.3 Å². The molecule has 2 rings (SSSR count). The zero-order valence-corrected chi connectivity index (χ0v) is 13.4. The first-order valence-electron chi connectivity index (χ1n) is 6.45. The van der Waals surface area contributed by atoms with Crippen molar-refractivity contribution in [2.75, 3.05) is 11.6 Å². The fraction of sp³-hybridized carbons (Fsp3) is 0.188. The van der Waals surface area contributed by atoms with E-state index in [1.807, 2.05) is 30.5 Å². The maximum absolute atomic E-state index is 12.1. The smallest absolute Gasteiger partial charge is 0.265 e. The summed E-state index contributed by atoms with van der Waals surface area (Å²) in [4.78, 5) is 13.2. The number of carbonyl (C=O) groups is 1. The first-order chi connectivity index (χ1) is 10.1. The summed E-state index contributed by atoms with van der Waals surface area (Å²) in [5.41, 5.74) is 0.692. The number of halogens is 1. The summed E-state index contributed by atoms with van der Waals surface area (Å²) < 4.78 is 5.62. The number of hydrogen-bond acceptors (Lipinski definition) is 3.